The fourth-order valence-electron chi connectivity index (χ4n) is 3.04. The Morgan fingerprint density at radius 3 is 2.62 bits per heavy atom. The third kappa shape index (κ3) is 2.62. The van der Waals surface area contributed by atoms with Crippen molar-refractivity contribution in [2.24, 2.45) is 0 Å². The number of carbonyl (C=O) groups is 1. The summed E-state index contributed by atoms with van der Waals surface area (Å²) in [6.07, 6.45) is 0.598. The van der Waals surface area contributed by atoms with E-state index in [9.17, 15) is 18.0 Å². The Labute approximate surface area is 137 Å². The zero-order valence-corrected chi connectivity index (χ0v) is 13.3. The zero-order valence-electron chi connectivity index (χ0n) is 13.3. The van der Waals surface area contributed by atoms with Crippen molar-refractivity contribution in [2.75, 3.05) is 13.7 Å². The fraction of sp³-hybridized carbons (Fsp3) is 0.278. The highest BCUT2D eigenvalue weighted by Crippen LogP contribution is 2.33. The van der Waals surface area contributed by atoms with E-state index in [2.05, 4.69) is 0 Å². The number of rotatable bonds is 2. The van der Waals surface area contributed by atoms with E-state index in [1.807, 2.05) is 25.1 Å². The van der Waals surface area contributed by atoms with E-state index >= 15 is 0 Å². The molecule has 0 saturated heterocycles. The average molecular weight is 335 g/mol. The van der Waals surface area contributed by atoms with Crippen molar-refractivity contribution in [1.82, 2.24) is 4.90 Å². The second-order valence-corrected chi connectivity index (χ2v) is 5.71. The maximum atomic E-state index is 13.9. The molecule has 0 aliphatic carbocycles. The largest absolute Gasteiger partial charge is 0.497 e. The molecule has 1 amide bonds. The minimum Gasteiger partial charge on any atom is -0.497 e. The molecule has 1 aliphatic rings. The van der Waals surface area contributed by atoms with Crippen LogP contribution in [0.5, 0.6) is 5.75 Å². The quantitative estimate of drug-likeness (QED) is 0.780. The Morgan fingerprint density at radius 2 is 1.92 bits per heavy atom. The number of amides is 1. The third-order valence-electron chi connectivity index (χ3n) is 4.42. The summed E-state index contributed by atoms with van der Waals surface area (Å²) < 4.78 is 45.6. The molecule has 24 heavy (non-hydrogen) atoms. The molecule has 1 unspecified atom stereocenters. The first-order chi connectivity index (χ1) is 11.4. The van der Waals surface area contributed by atoms with Crippen molar-refractivity contribution in [3.05, 3.63) is 64.5 Å². The molecule has 1 atom stereocenters. The third-order valence-corrected chi connectivity index (χ3v) is 4.42. The van der Waals surface area contributed by atoms with Gasteiger partial charge in [-0.15, -0.1) is 0 Å². The average Bonchev–Trinajstić information content (AvgIpc) is 2.59. The van der Waals surface area contributed by atoms with Gasteiger partial charge in [0.05, 0.1) is 18.7 Å². The van der Waals surface area contributed by atoms with Crippen LogP contribution in [0.4, 0.5) is 13.2 Å². The van der Waals surface area contributed by atoms with Crippen LogP contribution in [0.1, 0.15) is 34.5 Å². The van der Waals surface area contributed by atoms with Gasteiger partial charge in [-0.05, 0) is 48.7 Å². The molecule has 2 aromatic rings. The van der Waals surface area contributed by atoms with E-state index in [-0.39, 0.29) is 6.04 Å². The van der Waals surface area contributed by atoms with Crippen LogP contribution in [0.15, 0.2) is 30.3 Å². The van der Waals surface area contributed by atoms with Crippen LogP contribution in [0.3, 0.4) is 0 Å². The number of hydrogen-bond acceptors (Lipinski definition) is 2. The highest BCUT2D eigenvalue weighted by Gasteiger charge is 2.31. The summed E-state index contributed by atoms with van der Waals surface area (Å²) in [5.41, 5.74) is 1.52. The summed E-state index contributed by atoms with van der Waals surface area (Å²) >= 11 is 0. The Balaban J connectivity index is 1.96. The smallest absolute Gasteiger partial charge is 0.257 e. The summed E-state index contributed by atoms with van der Waals surface area (Å²) in [6, 6.07) is 7.02. The van der Waals surface area contributed by atoms with E-state index < -0.39 is 28.9 Å². The second kappa shape index (κ2) is 6.19. The molecule has 0 N–H and O–H groups in total. The predicted molar refractivity (Wildman–Crippen MR) is 82.5 cm³/mol. The van der Waals surface area contributed by atoms with Crippen LogP contribution in [0, 0.1) is 17.5 Å². The molecule has 0 fully saturated rings. The van der Waals surface area contributed by atoms with Gasteiger partial charge in [-0.25, -0.2) is 13.2 Å². The van der Waals surface area contributed by atoms with Gasteiger partial charge in [0.1, 0.15) is 5.75 Å². The lowest BCUT2D eigenvalue weighted by Crippen LogP contribution is -2.39. The number of halogens is 3. The van der Waals surface area contributed by atoms with Crippen molar-refractivity contribution in [3.63, 3.8) is 0 Å². The molecule has 0 spiro atoms. The van der Waals surface area contributed by atoms with E-state index in [1.165, 1.54) is 4.90 Å². The van der Waals surface area contributed by atoms with Crippen molar-refractivity contribution >= 4 is 5.91 Å². The van der Waals surface area contributed by atoms with Crippen molar-refractivity contribution in [2.45, 2.75) is 19.4 Å². The van der Waals surface area contributed by atoms with Crippen molar-refractivity contribution in [3.8, 4) is 5.75 Å². The Kier molecular flexibility index (Phi) is 4.22. The maximum Gasteiger partial charge on any atom is 0.257 e. The number of carbonyl (C=O) groups excluding carboxylic acids is 1. The van der Waals surface area contributed by atoms with Gasteiger partial charge in [0.25, 0.3) is 5.91 Å². The van der Waals surface area contributed by atoms with Crippen molar-refractivity contribution < 1.29 is 22.7 Å². The molecule has 0 aromatic heterocycles. The van der Waals surface area contributed by atoms with E-state index in [0.717, 1.165) is 23.3 Å². The van der Waals surface area contributed by atoms with E-state index in [0.29, 0.717) is 18.7 Å². The SMILES string of the molecule is COc1ccc2c(c1)C(C)N(C(=O)c1ccc(F)c(F)c1F)CC2. The lowest BCUT2D eigenvalue weighted by Gasteiger charge is -2.35. The number of hydrogen-bond donors (Lipinski definition) is 0. The first-order valence-electron chi connectivity index (χ1n) is 7.55. The molecule has 0 radical (unpaired) electrons. The normalized spacial score (nSPS) is 16.7. The first-order valence-corrected chi connectivity index (χ1v) is 7.55. The van der Waals surface area contributed by atoms with Crippen LogP contribution in [-0.4, -0.2) is 24.5 Å². The molecule has 1 aliphatic heterocycles. The van der Waals surface area contributed by atoms with Crippen LogP contribution < -0.4 is 4.74 Å². The standard InChI is InChI=1S/C18H16F3NO2/c1-10-14-9-12(24-2)4-3-11(14)7-8-22(10)18(23)13-5-6-15(19)17(21)16(13)20/h3-6,9-10H,7-8H2,1-2H3. The number of ether oxygens (including phenoxy) is 1. The molecule has 0 saturated carbocycles. The number of fused-ring (bicyclic) bond motifs is 1. The minimum atomic E-state index is -1.63. The van der Waals surface area contributed by atoms with Gasteiger partial charge in [-0.3, -0.25) is 4.79 Å². The van der Waals surface area contributed by atoms with Crippen LogP contribution in [0.2, 0.25) is 0 Å². The molecular formula is C18H16F3NO2. The lowest BCUT2D eigenvalue weighted by atomic mass is 9.92. The number of methoxy groups -OCH3 is 1. The molecule has 6 heteroatoms. The second-order valence-electron chi connectivity index (χ2n) is 5.71. The monoisotopic (exact) mass is 335 g/mol. The van der Waals surface area contributed by atoms with Gasteiger partial charge in [-0.1, -0.05) is 6.07 Å². The Bertz CT molecular complexity index is 807. The molecule has 126 valence electrons. The van der Waals surface area contributed by atoms with Crippen LogP contribution >= 0.6 is 0 Å². The topological polar surface area (TPSA) is 29.5 Å². The minimum absolute atomic E-state index is 0.330. The molecule has 1 heterocycles. The molecule has 0 bridgehead atoms. The Morgan fingerprint density at radius 1 is 1.17 bits per heavy atom. The predicted octanol–water partition coefficient (Wildman–Crippen LogP) is 3.87. The maximum absolute atomic E-state index is 13.9. The first kappa shape index (κ1) is 16.4. The summed E-state index contributed by atoms with van der Waals surface area (Å²) in [5.74, 6) is -4.40. The highest BCUT2D eigenvalue weighted by molar-refractivity contribution is 5.95. The molecule has 2 aromatic carbocycles. The van der Waals surface area contributed by atoms with Crippen LogP contribution in [-0.2, 0) is 6.42 Å². The lowest BCUT2D eigenvalue weighted by molar-refractivity contribution is 0.0671. The summed E-state index contributed by atoms with van der Waals surface area (Å²) in [7, 11) is 1.55. The highest BCUT2D eigenvalue weighted by atomic mass is 19.2. The number of benzene rings is 2. The zero-order chi connectivity index (χ0) is 17.4. The summed E-state index contributed by atoms with van der Waals surface area (Å²) in [5, 5.41) is 0. The van der Waals surface area contributed by atoms with Gasteiger partial charge in [0.2, 0.25) is 0 Å². The summed E-state index contributed by atoms with van der Waals surface area (Å²) in [4.78, 5) is 14.1. The van der Waals surface area contributed by atoms with E-state index in [4.69, 9.17) is 4.74 Å². The van der Waals surface area contributed by atoms with E-state index in [1.54, 1.807) is 7.11 Å². The molecule has 3 rings (SSSR count). The van der Waals surface area contributed by atoms with Gasteiger partial charge in [0.15, 0.2) is 17.5 Å². The van der Waals surface area contributed by atoms with Crippen molar-refractivity contribution in [1.29, 1.82) is 0 Å². The summed E-state index contributed by atoms with van der Waals surface area (Å²) in [6.45, 7) is 2.19. The Hall–Kier alpha value is -2.50. The van der Waals surface area contributed by atoms with Gasteiger partial charge in [-0.2, -0.15) is 0 Å². The fourth-order valence-corrected chi connectivity index (χ4v) is 3.04. The van der Waals surface area contributed by atoms with Gasteiger partial charge < -0.3 is 9.64 Å². The molecular weight excluding hydrogens is 319 g/mol. The number of nitrogens with zero attached hydrogens (tertiary/aromatic N) is 1. The van der Waals surface area contributed by atoms with Crippen LogP contribution in [0.25, 0.3) is 0 Å². The van der Waals surface area contributed by atoms with Gasteiger partial charge in [0, 0.05) is 6.54 Å². The molecule has 3 nitrogen and oxygen atoms in total. The van der Waals surface area contributed by atoms with Gasteiger partial charge >= 0.3 is 0 Å².